The molecule has 2 rings (SSSR count). The molecule has 0 saturated heterocycles. The van der Waals surface area contributed by atoms with Gasteiger partial charge in [-0.3, -0.25) is 4.79 Å². The largest absolute Gasteiger partial charge is 0.372 e. The number of rotatable bonds is 8. The van der Waals surface area contributed by atoms with Crippen molar-refractivity contribution < 1.29 is 9.53 Å². The van der Waals surface area contributed by atoms with Crippen LogP contribution in [0, 0.1) is 0 Å². The van der Waals surface area contributed by atoms with Crippen LogP contribution in [0.25, 0.3) is 0 Å². The van der Waals surface area contributed by atoms with Crippen LogP contribution in [-0.4, -0.2) is 25.3 Å². The van der Waals surface area contributed by atoms with Gasteiger partial charge >= 0.3 is 0 Å². The molecule has 0 aromatic heterocycles. The van der Waals surface area contributed by atoms with Crippen LogP contribution in [0.15, 0.2) is 59.5 Å². The number of halogens is 1. The molecular formula is C19H22ClNO2S. The zero-order chi connectivity index (χ0) is 17.4. The van der Waals surface area contributed by atoms with Crippen molar-refractivity contribution in [2.75, 3.05) is 19.4 Å². The fourth-order valence-corrected chi connectivity index (χ4v) is 3.31. The van der Waals surface area contributed by atoms with E-state index in [1.165, 1.54) is 4.90 Å². The van der Waals surface area contributed by atoms with Gasteiger partial charge in [0.1, 0.15) is 5.60 Å². The molecule has 2 aromatic carbocycles. The Kier molecular flexibility index (Phi) is 7.16. The van der Waals surface area contributed by atoms with Gasteiger partial charge in [0, 0.05) is 29.2 Å². The van der Waals surface area contributed by atoms with Crippen molar-refractivity contribution >= 4 is 29.3 Å². The van der Waals surface area contributed by atoms with E-state index in [1.54, 1.807) is 18.9 Å². The number of methoxy groups -OCH3 is 1. The molecule has 0 bridgehead atoms. The minimum Gasteiger partial charge on any atom is -0.372 e. The Bertz CT molecular complexity index is 665. The van der Waals surface area contributed by atoms with Gasteiger partial charge < -0.3 is 10.1 Å². The first kappa shape index (κ1) is 18.8. The van der Waals surface area contributed by atoms with E-state index in [9.17, 15) is 4.79 Å². The van der Waals surface area contributed by atoms with Gasteiger partial charge in [-0.05, 0) is 36.8 Å². The fraction of sp³-hybridized carbons (Fsp3) is 0.316. The summed E-state index contributed by atoms with van der Waals surface area (Å²) in [4.78, 5) is 13.3. The van der Waals surface area contributed by atoms with Crippen molar-refractivity contribution in [2.45, 2.75) is 23.8 Å². The second-order valence-electron chi connectivity index (χ2n) is 5.63. The summed E-state index contributed by atoms with van der Waals surface area (Å²) in [6.07, 6.45) is 0.467. The van der Waals surface area contributed by atoms with E-state index in [2.05, 4.69) is 5.32 Å². The van der Waals surface area contributed by atoms with E-state index in [1.807, 2.05) is 61.5 Å². The summed E-state index contributed by atoms with van der Waals surface area (Å²) >= 11 is 7.73. The molecule has 0 heterocycles. The van der Waals surface area contributed by atoms with Crippen LogP contribution >= 0.6 is 23.4 Å². The molecule has 0 spiro atoms. The number of benzene rings is 2. The van der Waals surface area contributed by atoms with Crippen LogP contribution in [0.1, 0.15) is 18.9 Å². The first-order chi connectivity index (χ1) is 11.5. The van der Waals surface area contributed by atoms with Crippen LogP contribution in [0.4, 0.5) is 0 Å². The zero-order valence-corrected chi connectivity index (χ0v) is 15.5. The van der Waals surface area contributed by atoms with Gasteiger partial charge in [0.15, 0.2) is 0 Å². The van der Waals surface area contributed by atoms with Crippen molar-refractivity contribution in [3.05, 3.63) is 65.2 Å². The summed E-state index contributed by atoms with van der Waals surface area (Å²) in [5, 5.41) is 3.61. The van der Waals surface area contributed by atoms with E-state index >= 15 is 0 Å². The third-order valence-electron chi connectivity index (χ3n) is 3.85. The lowest BCUT2D eigenvalue weighted by molar-refractivity contribution is -0.122. The number of hydrogen-bond acceptors (Lipinski definition) is 3. The maximum atomic E-state index is 12.1. The molecule has 0 saturated carbocycles. The van der Waals surface area contributed by atoms with E-state index in [0.29, 0.717) is 18.0 Å². The van der Waals surface area contributed by atoms with Gasteiger partial charge in [-0.15, -0.1) is 11.8 Å². The SMILES string of the molecule is CO[C@](C)(CNC(=O)CCSc1ccccc1)c1cccc(Cl)c1. The first-order valence-electron chi connectivity index (χ1n) is 7.79. The van der Waals surface area contributed by atoms with Crippen molar-refractivity contribution in [2.24, 2.45) is 0 Å². The zero-order valence-electron chi connectivity index (χ0n) is 13.9. The molecule has 5 heteroatoms. The van der Waals surface area contributed by atoms with Crippen LogP contribution in [-0.2, 0) is 15.1 Å². The second-order valence-corrected chi connectivity index (χ2v) is 7.24. The van der Waals surface area contributed by atoms with Crippen LogP contribution in [0.3, 0.4) is 0 Å². The van der Waals surface area contributed by atoms with Crippen LogP contribution in [0.5, 0.6) is 0 Å². The average Bonchev–Trinajstić information content (AvgIpc) is 2.60. The summed E-state index contributed by atoms with van der Waals surface area (Å²) in [5.74, 6) is 0.764. The third-order valence-corrected chi connectivity index (χ3v) is 5.10. The number of carbonyl (C=O) groups is 1. The average molecular weight is 364 g/mol. The van der Waals surface area contributed by atoms with Crippen molar-refractivity contribution in [3.8, 4) is 0 Å². The van der Waals surface area contributed by atoms with Crippen molar-refractivity contribution in [3.63, 3.8) is 0 Å². The fourth-order valence-electron chi connectivity index (χ4n) is 2.24. The lowest BCUT2D eigenvalue weighted by Gasteiger charge is -2.29. The summed E-state index contributed by atoms with van der Waals surface area (Å²) < 4.78 is 5.62. The minimum atomic E-state index is -0.604. The van der Waals surface area contributed by atoms with Crippen molar-refractivity contribution in [1.29, 1.82) is 0 Å². The van der Waals surface area contributed by atoms with Gasteiger partial charge in [-0.1, -0.05) is 41.9 Å². The Balaban J connectivity index is 1.83. The van der Waals surface area contributed by atoms with Gasteiger partial charge in [-0.2, -0.15) is 0 Å². The molecule has 0 fully saturated rings. The number of carbonyl (C=O) groups excluding carboxylic acids is 1. The molecule has 1 atom stereocenters. The highest BCUT2D eigenvalue weighted by molar-refractivity contribution is 7.99. The minimum absolute atomic E-state index is 0.0173. The van der Waals surface area contributed by atoms with Crippen molar-refractivity contribution in [1.82, 2.24) is 5.32 Å². The van der Waals surface area contributed by atoms with E-state index in [0.717, 1.165) is 11.3 Å². The van der Waals surface area contributed by atoms with Gasteiger partial charge in [0.05, 0.1) is 6.54 Å². The molecule has 0 unspecified atom stereocenters. The number of hydrogen-bond donors (Lipinski definition) is 1. The third kappa shape index (κ3) is 5.55. The quantitative estimate of drug-likeness (QED) is 0.702. The highest BCUT2D eigenvalue weighted by atomic mass is 35.5. The molecule has 24 heavy (non-hydrogen) atoms. The Morgan fingerprint density at radius 1 is 1.21 bits per heavy atom. The number of ether oxygens (including phenoxy) is 1. The second kappa shape index (κ2) is 9.11. The maximum Gasteiger partial charge on any atom is 0.220 e. The lowest BCUT2D eigenvalue weighted by atomic mass is 9.95. The number of amides is 1. The molecule has 3 nitrogen and oxygen atoms in total. The highest BCUT2D eigenvalue weighted by Crippen LogP contribution is 2.26. The molecule has 0 aliphatic rings. The predicted molar refractivity (Wildman–Crippen MR) is 101 cm³/mol. The van der Waals surface area contributed by atoms with Crippen LogP contribution in [0.2, 0.25) is 5.02 Å². The van der Waals surface area contributed by atoms with E-state index < -0.39 is 5.60 Å². The Labute approximate surface area is 152 Å². The molecule has 0 aliphatic heterocycles. The Morgan fingerprint density at radius 3 is 2.62 bits per heavy atom. The summed E-state index contributed by atoms with van der Waals surface area (Å²) in [6.45, 7) is 2.34. The summed E-state index contributed by atoms with van der Waals surface area (Å²) in [5.41, 5.74) is 0.337. The molecule has 0 radical (unpaired) electrons. The van der Waals surface area contributed by atoms with Crippen LogP contribution < -0.4 is 5.32 Å². The normalized spacial score (nSPS) is 13.3. The molecule has 128 valence electrons. The monoisotopic (exact) mass is 363 g/mol. The van der Waals surface area contributed by atoms with Gasteiger partial charge in [-0.25, -0.2) is 0 Å². The maximum absolute atomic E-state index is 12.1. The molecule has 1 amide bonds. The topological polar surface area (TPSA) is 38.3 Å². The number of thioether (sulfide) groups is 1. The highest BCUT2D eigenvalue weighted by Gasteiger charge is 2.27. The molecular weight excluding hydrogens is 342 g/mol. The first-order valence-corrected chi connectivity index (χ1v) is 9.15. The Hall–Kier alpha value is -1.49. The molecule has 2 aromatic rings. The molecule has 1 N–H and O–H groups in total. The van der Waals surface area contributed by atoms with Gasteiger partial charge in [0.2, 0.25) is 5.91 Å². The van der Waals surface area contributed by atoms with E-state index in [4.69, 9.17) is 16.3 Å². The smallest absolute Gasteiger partial charge is 0.220 e. The summed E-state index contributed by atoms with van der Waals surface area (Å²) in [7, 11) is 1.64. The summed E-state index contributed by atoms with van der Waals surface area (Å²) in [6, 6.07) is 17.6. The Morgan fingerprint density at radius 2 is 1.96 bits per heavy atom. The van der Waals surface area contributed by atoms with Gasteiger partial charge in [0.25, 0.3) is 0 Å². The lowest BCUT2D eigenvalue weighted by Crippen LogP contribution is -2.40. The molecule has 0 aliphatic carbocycles. The standard InChI is InChI=1S/C19H22ClNO2S/c1-19(23-2,15-7-6-8-16(20)13-15)14-21-18(22)11-12-24-17-9-4-3-5-10-17/h3-10,13H,11-12,14H2,1-2H3,(H,21,22)/t19-/m1/s1. The van der Waals surface area contributed by atoms with E-state index in [-0.39, 0.29) is 5.91 Å². The number of nitrogens with one attached hydrogen (secondary N) is 1. The predicted octanol–water partition coefficient (Wildman–Crippen LogP) is 4.50.